The Balaban J connectivity index is 1.38. The number of rotatable bonds is 9. The molecule has 2 bridgehead atoms. The number of anilines is 1. The number of aliphatic hydroxyl groups excluding tert-OH is 1. The van der Waals surface area contributed by atoms with Gasteiger partial charge in [0.1, 0.15) is 6.04 Å². The summed E-state index contributed by atoms with van der Waals surface area (Å²) in [5.74, 6) is -2.16. The van der Waals surface area contributed by atoms with Gasteiger partial charge in [-0.25, -0.2) is 0 Å². The highest BCUT2D eigenvalue weighted by Crippen LogP contribution is 2.68. The Bertz CT molecular complexity index is 1510. The smallest absolute Gasteiger partial charge is 0.248 e. The SMILES string of the molecule is Cc1cccc(Cl)c1NC(=O)C1N([C@@H](CO)Cc2ccccc2)C(=O)[C@@H]2[C@@H](C(=O)NCc3ccccc3)[C@@H]3SC12CC3Br. The summed E-state index contributed by atoms with van der Waals surface area (Å²) in [6.45, 7) is 1.89. The number of carbonyl (C=O) groups is 3. The normalized spacial score (nSPS) is 28.0. The predicted octanol–water partition coefficient (Wildman–Crippen LogP) is 4.97. The summed E-state index contributed by atoms with van der Waals surface area (Å²) in [5, 5.41) is 17.0. The fourth-order valence-electron chi connectivity index (χ4n) is 7.08. The lowest BCUT2D eigenvalue weighted by Gasteiger charge is -2.37. The van der Waals surface area contributed by atoms with Crippen LogP contribution in [0, 0.1) is 18.8 Å². The largest absolute Gasteiger partial charge is 0.394 e. The minimum atomic E-state index is -0.913. The van der Waals surface area contributed by atoms with Gasteiger partial charge in [0.05, 0.1) is 39.9 Å². The molecule has 0 aromatic heterocycles. The van der Waals surface area contributed by atoms with E-state index in [1.807, 2.05) is 79.7 Å². The van der Waals surface area contributed by atoms with Gasteiger partial charge in [0.15, 0.2) is 0 Å². The number of nitrogens with zero attached hydrogens (tertiary/aromatic N) is 1. The molecule has 6 rings (SSSR count). The molecule has 3 fully saturated rings. The molecule has 3 aliphatic rings. The molecule has 10 heteroatoms. The summed E-state index contributed by atoms with van der Waals surface area (Å²) < 4.78 is -0.853. The van der Waals surface area contributed by atoms with E-state index in [1.54, 1.807) is 22.7 Å². The van der Waals surface area contributed by atoms with Crippen LogP contribution >= 0.6 is 39.3 Å². The van der Waals surface area contributed by atoms with Crippen molar-refractivity contribution in [3.8, 4) is 0 Å². The van der Waals surface area contributed by atoms with Crippen molar-refractivity contribution in [1.82, 2.24) is 10.2 Å². The molecule has 0 aliphatic carbocycles. The Morgan fingerprint density at radius 2 is 1.72 bits per heavy atom. The van der Waals surface area contributed by atoms with Gasteiger partial charge in [-0.3, -0.25) is 14.4 Å². The van der Waals surface area contributed by atoms with Gasteiger partial charge >= 0.3 is 0 Å². The number of aliphatic hydroxyl groups is 1. The number of carbonyl (C=O) groups excluding carboxylic acids is 3. The number of alkyl halides is 1. The zero-order valence-electron chi connectivity index (χ0n) is 23.6. The number of fused-ring (bicyclic) bond motifs is 1. The van der Waals surface area contributed by atoms with Crippen molar-refractivity contribution >= 4 is 62.7 Å². The summed E-state index contributed by atoms with van der Waals surface area (Å²) in [4.78, 5) is 44.3. The van der Waals surface area contributed by atoms with E-state index in [9.17, 15) is 19.5 Å². The van der Waals surface area contributed by atoms with E-state index < -0.39 is 28.7 Å². The molecule has 3 aromatic rings. The first-order chi connectivity index (χ1) is 20.7. The minimum absolute atomic E-state index is 0.0620. The summed E-state index contributed by atoms with van der Waals surface area (Å²) in [6.07, 6.45) is 0.915. The Morgan fingerprint density at radius 1 is 1.05 bits per heavy atom. The molecule has 3 unspecified atom stereocenters. The maximum Gasteiger partial charge on any atom is 0.248 e. The fraction of sp³-hybridized carbons (Fsp3) is 0.364. The Morgan fingerprint density at radius 3 is 2.37 bits per heavy atom. The topological polar surface area (TPSA) is 98.7 Å². The molecule has 7 nitrogen and oxygen atoms in total. The number of hydrogen-bond acceptors (Lipinski definition) is 5. The molecule has 43 heavy (non-hydrogen) atoms. The zero-order valence-corrected chi connectivity index (χ0v) is 26.7. The second kappa shape index (κ2) is 12.3. The summed E-state index contributed by atoms with van der Waals surface area (Å²) >= 11 is 11.9. The average molecular weight is 683 g/mol. The number of likely N-dealkylation sites (tertiary alicyclic amines) is 1. The quantitative estimate of drug-likeness (QED) is 0.277. The number of aryl methyl sites for hydroxylation is 1. The van der Waals surface area contributed by atoms with Crippen LogP contribution in [0.5, 0.6) is 0 Å². The van der Waals surface area contributed by atoms with Crippen LogP contribution in [0.4, 0.5) is 5.69 Å². The van der Waals surface area contributed by atoms with Crippen molar-refractivity contribution in [1.29, 1.82) is 0 Å². The zero-order chi connectivity index (χ0) is 30.3. The minimum Gasteiger partial charge on any atom is -0.394 e. The molecule has 224 valence electrons. The van der Waals surface area contributed by atoms with Crippen molar-refractivity contribution in [3.63, 3.8) is 0 Å². The first kappa shape index (κ1) is 30.2. The molecule has 3 N–H and O–H groups in total. The molecular formula is C33H33BrClN3O4S. The van der Waals surface area contributed by atoms with Crippen LogP contribution in [0.3, 0.4) is 0 Å². The highest BCUT2D eigenvalue weighted by molar-refractivity contribution is 9.09. The number of nitrogens with one attached hydrogen (secondary N) is 2. The number of amides is 3. The third-order valence-corrected chi connectivity index (χ3v) is 12.5. The summed E-state index contributed by atoms with van der Waals surface area (Å²) in [7, 11) is 0. The van der Waals surface area contributed by atoms with E-state index in [4.69, 9.17) is 11.6 Å². The van der Waals surface area contributed by atoms with Crippen LogP contribution in [0.15, 0.2) is 78.9 Å². The first-order valence-corrected chi connectivity index (χ1v) is 16.6. The molecule has 3 amide bonds. The van der Waals surface area contributed by atoms with E-state index in [0.29, 0.717) is 30.1 Å². The van der Waals surface area contributed by atoms with Crippen LogP contribution in [0.25, 0.3) is 0 Å². The third-order valence-electron chi connectivity index (χ3n) is 8.98. The van der Waals surface area contributed by atoms with E-state index in [2.05, 4.69) is 26.6 Å². The van der Waals surface area contributed by atoms with Gasteiger partial charge in [-0.05, 0) is 42.5 Å². The van der Waals surface area contributed by atoms with Gasteiger partial charge in [-0.2, -0.15) is 0 Å². The van der Waals surface area contributed by atoms with Crippen molar-refractivity contribution in [3.05, 3.63) is 101 Å². The maximum atomic E-state index is 14.6. The van der Waals surface area contributed by atoms with Gasteiger partial charge in [0.25, 0.3) is 0 Å². The number of benzene rings is 3. The van der Waals surface area contributed by atoms with Gasteiger partial charge in [-0.1, -0.05) is 100 Å². The number of hydrogen-bond donors (Lipinski definition) is 3. The highest BCUT2D eigenvalue weighted by Gasteiger charge is 2.76. The molecule has 7 atom stereocenters. The molecule has 0 radical (unpaired) electrons. The third kappa shape index (κ3) is 5.39. The van der Waals surface area contributed by atoms with Crippen molar-refractivity contribution < 1.29 is 19.5 Å². The van der Waals surface area contributed by atoms with Crippen molar-refractivity contribution in [2.45, 2.75) is 53.2 Å². The lowest BCUT2D eigenvalue weighted by atomic mass is 9.70. The standard InChI is InChI=1S/C33H33BrClN3O4S/c1-19-9-8-14-24(35)27(19)37-31(41)29-33-16-23(34)28(43-33)25(30(40)36-17-21-12-6-3-7-13-21)26(33)32(42)38(29)22(18-39)15-20-10-4-2-5-11-20/h2-14,22-23,25-26,28-29,39H,15-18H2,1H3,(H,36,40)(H,37,41)/t22-,23?,25-,26+,28-,29?,33?/m1/s1. The second-order valence-electron chi connectivity index (χ2n) is 11.6. The molecule has 1 spiro atoms. The number of thioether (sulfide) groups is 1. The van der Waals surface area contributed by atoms with E-state index >= 15 is 0 Å². The predicted molar refractivity (Wildman–Crippen MR) is 173 cm³/mol. The molecule has 3 aromatic carbocycles. The van der Waals surface area contributed by atoms with Gasteiger partial charge in [-0.15, -0.1) is 11.8 Å². The van der Waals surface area contributed by atoms with Crippen molar-refractivity contribution in [2.75, 3.05) is 11.9 Å². The number of halogens is 2. The lowest BCUT2D eigenvalue weighted by Crippen LogP contribution is -2.56. The number of para-hydroxylation sites is 1. The Kier molecular flexibility index (Phi) is 8.61. The molecule has 3 saturated heterocycles. The average Bonchev–Trinajstić information content (AvgIpc) is 3.61. The summed E-state index contributed by atoms with van der Waals surface area (Å²) in [5.41, 5.74) is 3.20. The second-order valence-corrected chi connectivity index (χ2v) is 14.7. The van der Waals surface area contributed by atoms with Crippen LogP contribution in [0.2, 0.25) is 5.02 Å². The molecule has 3 heterocycles. The Labute approximate surface area is 268 Å². The van der Waals surface area contributed by atoms with Gasteiger partial charge < -0.3 is 20.6 Å². The van der Waals surface area contributed by atoms with Crippen LogP contribution in [0.1, 0.15) is 23.1 Å². The first-order valence-electron chi connectivity index (χ1n) is 14.4. The Hall–Kier alpha value is -2.85. The molecule has 3 aliphatic heterocycles. The molecule has 0 saturated carbocycles. The van der Waals surface area contributed by atoms with Crippen LogP contribution in [-0.2, 0) is 27.3 Å². The van der Waals surface area contributed by atoms with E-state index in [-0.39, 0.29) is 34.4 Å². The summed E-state index contributed by atoms with van der Waals surface area (Å²) in [6, 6.07) is 23.1. The van der Waals surface area contributed by atoms with Gasteiger partial charge in [0.2, 0.25) is 17.7 Å². The molecular weight excluding hydrogens is 650 g/mol. The van der Waals surface area contributed by atoms with Crippen LogP contribution < -0.4 is 10.6 Å². The van der Waals surface area contributed by atoms with Gasteiger partial charge in [0, 0.05) is 16.6 Å². The lowest BCUT2D eigenvalue weighted by molar-refractivity contribution is -0.142. The maximum absolute atomic E-state index is 14.6. The van der Waals surface area contributed by atoms with Crippen LogP contribution in [-0.4, -0.2) is 61.2 Å². The van der Waals surface area contributed by atoms with Crippen molar-refractivity contribution in [2.24, 2.45) is 11.8 Å². The van der Waals surface area contributed by atoms with E-state index in [1.165, 1.54) is 0 Å². The van der Waals surface area contributed by atoms with E-state index in [0.717, 1.165) is 16.7 Å². The fourth-order valence-corrected chi connectivity index (χ4v) is 11.0. The monoisotopic (exact) mass is 681 g/mol. The highest BCUT2D eigenvalue weighted by atomic mass is 79.9.